The van der Waals surface area contributed by atoms with Crippen LogP contribution in [0.2, 0.25) is 0 Å². The lowest BCUT2D eigenvalue weighted by Crippen LogP contribution is -2.04. The maximum absolute atomic E-state index is 13.5. The van der Waals surface area contributed by atoms with Crippen LogP contribution in [0, 0.1) is 19.7 Å². The molecule has 0 saturated carbocycles. The minimum Gasteiger partial charge on any atom is -0.370 e. The molecule has 0 aliphatic carbocycles. The third-order valence-corrected chi connectivity index (χ3v) is 2.73. The average molecular weight is 259 g/mol. The highest BCUT2D eigenvalue weighted by atomic mass is 19.1. The second-order valence-corrected chi connectivity index (χ2v) is 4.63. The summed E-state index contributed by atoms with van der Waals surface area (Å²) < 4.78 is 13.5. The molecule has 0 saturated heterocycles. The normalized spacial score (nSPS) is 10.5. The van der Waals surface area contributed by atoms with E-state index in [9.17, 15) is 4.39 Å². The Morgan fingerprint density at radius 2 is 1.89 bits per heavy atom. The van der Waals surface area contributed by atoms with Gasteiger partial charge >= 0.3 is 0 Å². The van der Waals surface area contributed by atoms with Gasteiger partial charge in [-0.05, 0) is 44.0 Å². The molecule has 2 rings (SSSR count). The number of nitrogens with zero attached hydrogens (tertiary/aromatic N) is 2. The van der Waals surface area contributed by atoms with Crippen molar-refractivity contribution >= 4 is 5.82 Å². The number of nitrogens with one attached hydrogen (secondary N) is 1. The van der Waals surface area contributed by atoms with Crippen molar-refractivity contribution in [3.8, 4) is 11.3 Å². The fourth-order valence-electron chi connectivity index (χ4n) is 1.94. The molecule has 0 aliphatic rings. The third kappa shape index (κ3) is 3.50. The molecule has 0 amide bonds. The zero-order chi connectivity index (χ0) is 13.8. The van der Waals surface area contributed by atoms with Crippen LogP contribution in [-0.4, -0.2) is 16.5 Å². The van der Waals surface area contributed by atoms with Crippen molar-refractivity contribution in [1.82, 2.24) is 9.97 Å². The summed E-state index contributed by atoms with van der Waals surface area (Å²) in [6.07, 6.45) is 1.03. The largest absolute Gasteiger partial charge is 0.370 e. The summed E-state index contributed by atoms with van der Waals surface area (Å²) in [7, 11) is 0. The smallest absolute Gasteiger partial charge is 0.130 e. The first-order valence-electron chi connectivity index (χ1n) is 6.45. The van der Waals surface area contributed by atoms with Gasteiger partial charge in [0.2, 0.25) is 0 Å². The van der Waals surface area contributed by atoms with Crippen LogP contribution in [-0.2, 0) is 0 Å². The van der Waals surface area contributed by atoms with Crippen molar-refractivity contribution in [3.63, 3.8) is 0 Å². The zero-order valence-corrected chi connectivity index (χ0v) is 11.5. The topological polar surface area (TPSA) is 37.8 Å². The Labute approximate surface area is 112 Å². The molecule has 3 nitrogen and oxygen atoms in total. The molecular formula is C15H18FN3. The zero-order valence-electron chi connectivity index (χ0n) is 11.5. The van der Waals surface area contributed by atoms with E-state index in [4.69, 9.17) is 0 Å². The minimum atomic E-state index is -0.241. The van der Waals surface area contributed by atoms with Gasteiger partial charge < -0.3 is 5.32 Å². The van der Waals surface area contributed by atoms with E-state index in [-0.39, 0.29) is 5.82 Å². The van der Waals surface area contributed by atoms with Gasteiger partial charge in [-0.1, -0.05) is 6.92 Å². The van der Waals surface area contributed by atoms with E-state index in [2.05, 4.69) is 22.2 Å². The van der Waals surface area contributed by atoms with E-state index in [0.29, 0.717) is 5.82 Å². The number of anilines is 1. The van der Waals surface area contributed by atoms with E-state index in [1.165, 1.54) is 12.1 Å². The molecule has 4 heteroatoms. The van der Waals surface area contributed by atoms with Crippen molar-refractivity contribution in [2.75, 3.05) is 11.9 Å². The summed E-state index contributed by atoms with van der Waals surface area (Å²) in [5.74, 6) is 1.22. The standard InChI is InChI=1S/C15H18FN3/c1-4-5-17-15-9-14(18-11(3)19-15)12-6-10(2)7-13(16)8-12/h6-9H,4-5H2,1-3H3,(H,17,18,19). The molecule has 2 aromatic rings. The van der Waals surface area contributed by atoms with Crippen LogP contribution in [0.5, 0.6) is 0 Å². The van der Waals surface area contributed by atoms with Gasteiger partial charge in [-0.25, -0.2) is 14.4 Å². The molecule has 1 heterocycles. The number of hydrogen-bond donors (Lipinski definition) is 1. The Morgan fingerprint density at radius 1 is 1.11 bits per heavy atom. The molecule has 0 spiro atoms. The Bertz CT molecular complexity index is 561. The highest BCUT2D eigenvalue weighted by molar-refractivity contribution is 5.63. The van der Waals surface area contributed by atoms with Crippen LogP contribution in [0.1, 0.15) is 24.7 Å². The van der Waals surface area contributed by atoms with Gasteiger partial charge in [0.25, 0.3) is 0 Å². The lowest BCUT2D eigenvalue weighted by atomic mass is 10.1. The van der Waals surface area contributed by atoms with Crippen LogP contribution in [0.3, 0.4) is 0 Å². The van der Waals surface area contributed by atoms with Crippen LogP contribution in [0.25, 0.3) is 11.3 Å². The first-order valence-corrected chi connectivity index (χ1v) is 6.45. The van der Waals surface area contributed by atoms with Crippen molar-refractivity contribution < 1.29 is 4.39 Å². The quantitative estimate of drug-likeness (QED) is 0.909. The molecule has 0 atom stereocenters. The number of benzene rings is 1. The van der Waals surface area contributed by atoms with Gasteiger partial charge in [0.1, 0.15) is 17.5 Å². The number of aromatic nitrogens is 2. The molecule has 1 aromatic heterocycles. The van der Waals surface area contributed by atoms with Crippen LogP contribution in [0.15, 0.2) is 24.3 Å². The van der Waals surface area contributed by atoms with Gasteiger partial charge in [-0.15, -0.1) is 0 Å². The number of aryl methyl sites for hydroxylation is 2. The van der Waals surface area contributed by atoms with Crippen molar-refractivity contribution in [2.45, 2.75) is 27.2 Å². The summed E-state index contributed by atoms with van der Waals surface area (Å²) in [5.41, 5.74) is 2.41. The summed E-state index contributed by atoms with van der Waals surface area (Å²) in [5, 5.41) is 3.23. The van der Waals surface area contributed by atoms with Crippen molar-refractivity contribution in [3.05, 3.63) is 41.5 Å². The number of rotatable bonds is 4. The lowest BCUT2D eigenvalue weighted by Gasteiger charge is -2.08. The lowest BCUT2D eigenvalue weighted by molar-refractivity contribution is 0.627. The van der Waals surface area contributed by atoms with E-state index in [0.717, 1.165) is 35.6 Å². The van der Waals surface area contributed by atoms with E-state index in [1.54, 1.807) is 0 Å². The highest BCUT2D eigenvalue weighted by Crippen LogP contribution is 2.22. The fourth-order valence-corrected chi connectivity index (χ4v) is 1.94. The van der Waals surface area contributed by atoms with Crippen molar-refractivity contribution in [1.29, 1.82) is 0 Å². The third-order valence-electron chi connectivity index (χ3n) is 2.73. The summed E-state index contributed by atoms with van der Waals surface area (Å²) in [4.78, 5) is 8.70. The Balaban J connectivity index is 2.40. The molecule has 0 unspecified atom stereocenters. The van der Waals surface area contributed by atoms with Gasteiger partial charge in [0.15, 0.2) is 0 Å². The molecule has 1 N–H and O–H groups in total. The van der Waals surface area contributed by atoms with E-state index < -0.39 is 0 Å². The minimum absolute atomic E-state index is 0.241. The first kappa shape index (κ1) is 13.5. The van der Waals surface area contributed by atoms with Gasteiger partial charge in [-0.2, -0.15) is 0 Å². The van der Waals surface area contributed by atoms with Gasteiger partial charge in [-0.3, -0.25) is 0 Å². The summed E-state index contributed by atoms with van der Waals surface area (Å²) in [6.45, 7) is 6.67. The molecule has 19 heavy (non-hydrogen) atoms. The van der Waals surface area contributed by atoms with Gasteiger partial charge in [0.05, 0.1) is 5.69 Å². The second-order valence-electron chi connectivity index (χ2n) is 4.63. The van der Waals surface area contributed by atoms with Gasteiger partial charge in [0, 0.05) is 18.2 Å². The Morgan fingerprint density at radius 3 is 2.58 bits per heavy atom. The molecule has 1 aromatic carbocycles. The molecular weight excluding hydrogens is 241 g/mol. The Hall–Kier alpha value is -1.97. The fraction of sp³-hybridized carbons (Fsp3) is 0.333. The predicted octanol–water partition coefficient (Wildman–Crippen LogP) is 3.72. The summed E-state index contributed by atoms with van der Waals surface area (Å²) in [6, 6.07) is 6.79. The monoisotopic (exact) mass is 259 g/mol. The predicted molar refractivity (Wildman–Crippen MR) is 75.7 cm³/mol. The molecule has 0 radical (unpaired) electrons. The number of halogens is 1. The summed E-state index contributed by atoms with van der Waals surface area (Å²) >= 11 is 0. The number of hydrogen-bond acceptors (Lipinski definition) is 3. The molecule has 0 bridgehead atoms. The Kier molecular flexibility index (Phi) is 4.10. The maximum Gasteiger partial charge on any atom is 0.130 e. The van der Waals surface area contributed by atoms with Crippen LogP contribution in [0.4, 0.5) is 10.2 Å². The van der Waals surface area contributed by atoms with Crippen LogP contribution >= 0.6 is 0 Å². The molecule has 100 valence electrons. The van der Waals surface area contributed by atoms with E-state index in [1.807, 2.05) is 26.0 Å². The van der Waals surface area contributed by atoms with Crippen molar-refractivity contribution in [2.24, 2.45) is 0 Å². The highest BCUT2D eigenvalue weighted by Gasteiger charge is 2.06. The molecule has 0 fully saturated rings. The maximum atomic E-state index is 13.5. The van der Waals surface area contributed by atoms with E-state index >= 15 is 0 Å². The average Bonchev–Trinajstić information content (AvgIpc) is 2.34. The first-order chi connectivity index (χ1) is 9.08. The van der Waals surface area contributed by atoms with Crippen LogP contribution < -0.4 is 5.32 Å². The molecule has 0 aliphatic heterocycles. The second kappa shape index (κ2) is 5.78. The SMILES string of the molecule is CCCNc1cc(-c2cc(C)cc(F)c2)nc(C)n1.